The van der Waals surface area contributed by atoms with Crippen LogP contribution in [-0.2, 0) is 9.53 Å². The molecule has 0 aromatic heterocycles. The number of nitriles is 1. The van der Waals surface area contributed by atoms with E-state index in [4.69, 9.17) is 10.00 Å². The summed E-state index contributed by atoms with van der Waals surface area (Å²) in [4.78, 5) is 11.4. The van der Waals surface area contributed by atoms with E-state index in [0.29, 0.717) is 19.4 Å². The van der Waals surface area contributed by atoms with Crippen molar-refractivity contribution in [3.63, 3.8) is 0 Å². The van der Waals surface area contributed by atoms with E-state index < -0.39 is 0 Å². The van der Waals surface area contributed by atoms with E-state index in [-0.39, 0.29) is 12.0 Å². The van der Waals surface area contributed by atoms with Gasteiger partial charge in [0.2, 0.25) is 5.91 Å². The third-order valence-electron chi connectivity index (χ3n) is 2.47. The third kappa shape index (κ3) is 5.38. The molecular weight excluding hydrogens is 192 g/mol. The zero-order valence-electron chi connectivity index (χ0n) is 9.00. The Balaban J connectivity index is 1.96. The van der Waals surface area contributed by atoms with Crippen LogP contribution in [-0.4, -0.2) is 25.2 Å². The molecule has 84 valence electrons. The molecule has 0 saturated carbocycles. The van der Waals surface area contributed by atoms with E-state index in [1.165, 1.54) is 0 Å². The smallest absolute Gasteiger partial charge is 0.222 e. The van der Waals surface area contributed by atoms with Crippen molar-refractivity contribution in [2.75, 3.05) is 13.2 Å². The summed E-state index contributed by atoms with van der Waals surface area (Å²) in [6.07, 6.45) is 4.99. The average molecular weight is 210 g/mol. The molecular formula is C11H18N2O2. The molecule has 4 nitrogen and oxygen atoms in total. The Bertz CT molecular complexity index is 229. The van der Waals surface area contributed by atoms with Gasteiger partial charge in [-0.2, -0.15) is 5.26 Å². The average Bonchev–Trinajstić information content (AvgIpc) is 2.70. The third-order valence-corrected chi connectivity index (χ3v) is 2.47. The molecule has 0 aliphatic carbocycles. The summed E-state index contributed by atoms with van der Waals surface area (Å²) >= 11 is 0. The number of carbonyl (C=O) groups excluding carboxylic acids is 1. The summed E-state index contributed by atoms with van der Waals surface area (Å²) in [6, 6.07) is 2.08. The predicted molar refractivity (Wildman–Crippen MR) is 56.1 cm³/mol. The number of nitrogens with zero attached hydrogens (tertiary/aromatic N) is 1. The molecule has 1 aliphatic heterocycles. The molecule has 0 spiro atoms. The molecule has 1 saturated heterocycles. The van der Waals surface area contributed by atoms with Crippen molar-refractivity contribution in [1.29, 1.82) is 5.26 Å². The number of ether oxygens (including phenoxy) is 1. The zero-order valence-corrected chi connectivity index (χ0v) is 9.00. The highest BCUT2D eigenvalue weighted by Gasteiger charge is 2.18. The topological polar surface area (TPSA) is 62.1 Å². The zero-order chi connectivity index (χ0) is 10.9. The molecule has 15 heavy (non-hydrogen) atoms. The van der Waals surface area contributed by atoms with Crippen LogP contribution in [0.3, 0.4) is 0 Å². The molecule has 1 aliphatic rings. The molecule has 0 bridgehead atoms. The standard InChI is InChI=1S/C11H18N2O2/c12-6-2-1-3-7-13-11(14)9-10-5-4-8-15-10/h10H,1-5,7-9H2,(H,13,14). The largest absolute Gasteiger partial charge is 0.378 e. The van der Waals surface area contributed by atoms with Gasteiger partial charge in [0.1, 0.15) is 0 Å². The van der Waals surface area contributed by atoms with Crippen LogP contribution >= 0.6 is 0 Å². The summed E-state index contributed by atoms with van der Waals surface area (Å²) in [6.45, 7) is 1.47. The second kappa shape index (κ2) is 7.24. The van der Waals surface area contributed by atoms with Crippen LogP contribution in [0.5, 0.6) is 0 Å². The second-order valence-corrected chi connectivity index (χ2v) is 3.80. The van der Waals surface area contributed by atoms with Crippen LogP contribution < -0.4 is 5.32 Å². The normalized spacial score (nSPS) is 19.8. The molecule has 0 aromatic rings. The highest BCUT2D eigenvalue weighted by atomic mass is 16.5. The number of amides is 1. The van der Waals surface area contributed by atoms with Crippen molar-refractivity contribution in [2.24, 2.45) is 0 Å². The minimum Gasteiger partial charge on any atom is -0.378 e. The van der Waals surface area contributed by atoms with E-state index in [2.05, 4.69) is 11.4 Å². The quantitative estimate of drug-likeness (QED) is 0.673. The number of nitrogens with one attached hydrogen (secondary N) is 1. The van der Waals surface area contributed by atoms with E-state index in [1.54, 1.807) is 0 Å². The van der Waals surface area contributed by atoms with Crippen LogP contribution in [0.2, 0.25) is 0 Å². The van der Waals surface area contributed by atoms with Gasteiger partial charge in [-0.1, -0.05) is 0 Å². The maximum atomic E-state index is 11.4. The summed E-state index contributed by atoms with van der Waals surface area (Å²) in [5.74, 6) is 0.0684. The van der Waals surface area contributed by atoms with E-state index in [1.807, 2.05) is 0 Å². The van der Waals surface area contributed by atoms with Crippen LogP contribution in [0, 0.1) is 11.3 Å². The molecule has 1 amide bonds. The van der Waals surface area contributed by atoms with Gasteiger partial charge in [-0.3, -0.25) is 4.79 Å². The lowest BCUT2D eigenvalue weighted by Gasteiger charge is -2.09. The SMILES string of the molecule is N#CCCCCNC(=O)CC1CCCO1. The van der Waals surface area contributed by atoms with Gasteiger partial charge in [0, 0.05) is 19.6 Å². The molecule has 1 N–H and O–H groups in total. The van der Waals surface area contributed by atoms with Crippen molar-refractivity contribution < 1.29 is 9.53 Å². The molecule has 4 heteroatoms. The first-order valence-corrected chi connectivity index (χ1v) is 5.58. The Kier molecular flexibility index (Phi) is 5.79. The molecule has 0 aromatic carbocycles. The molecule has 1 rings (SSSR count). The van der Waals surface area contributed by atoms with Gasteiger partial charge in [0.05, 0.1) is 18.6 Å². The molecule has 1 unspecified atom stereocenters. The van der Waals surface area contributed by atoms with Gasteiger partial charge < -0.3 is 10.1 Å². The minimum atomic E-state index is 0.0684. The van der Waals surface area contributed by atoms with Crippen molar-refractivity contribution in [3.05, 3.63) is 0 Å². The number of unbranched alkanes of at least 4 members (excludes halogenated alkanes) is 2. The number of carbonyl (C=O) groups is 1. The van der Waals surface area contributed by atoms with Crippen LogP contribution in [0.1, 0.15) is 38.5 Å². The van der Waals surface area contributed by atoms with E-state index in [0.717, 1.165) is 32.3 Å². The highest BCUT2D eigenvalue weighted by Crippen LogP contribution is 2.14. The molecule has 0 radical (unpaired) electrons. The Morgan fingerprint density at radius 1 is 1.53 bits per heavy atom. The Morgan fingerprint density at radius 2 is 2.40 bits per heavy atom. The summed E-state index contributed by atoms with van der Waals surface area (Å²) in [5.41, 5.74) is 0. The Labute approximate surface area is 90.6 Å². The first-order valence-electron chi connectivity index (χ1n) is 5.58. The first-order chi connectivity index (χ1) is 7.33. The number of hydrogen-bond donors (Lipinski definition) is 1. The lowest BCUT2D eigenvalue weighted by molar-refractivity contribution is -0.123. The van der Waals surface area contributed by atoms with Crippen LogP contribution in [0.15, 0.2) is 0 Å². The molecule has 1 heterocycles. The summed E-state index contributed by atoms with van der Waals surface area (Å²) < 4.78 is 5.36. The maximum Gasteiger partial charge on any atom is 0.222 e. The fourth-order valence-electron chi connectivity index (χ4n) is 1.64. The Hall–Kier alpha value is -1.08. The van der Waals surface area contributed by atoms with Gasteiger partial charge in [-0.25, -0.2) is 0 Å². The van der Waals surface area contributed by atoms with E-state index in [9.17, 15) is 4.79 Å². The number of hydrogen-bond acceptors (Lipinski definition) is 3. The van der Waals surface area contributed by atoms with Gasteiger partial charge >= 0.3 is 0 Å². The summed E-state index contributed by atoms with van der Waals surface area (Å²) in [5, 5.41) is 11.2. The molecule has 1 atom stereocenters. The number of rotatable bonds is 6. The lowest BCUT2D eigenvalue weighted by Crippen LogP contribution is -2.28. The predicted octanol–water partition coefficient (Wildman–Crippen LogP) is 1.37. The fourth-order valence-corrected chi connectivity index (χ4v) is 1.64. The van der Waals surface area contributed by atoms with Crippen LogP contribution in [0.25, 0.3) is 0 Å². The second-order valence-electron chi connectivity index (χ2n) is 3.80. The lowest BCUT2D eigenvalue weighted by atomic mass is 10.2. The van der Waals surface area contributed by atoms with Crippen molar-refractivity contribution in [1.82, 2.24) is 5.32 Å². The van der Waals surface area contributed by atoms with Crippen molar-refractivity contribution in [3.8, 4) is 6.07 Å². The van der Waals surface area contributed by atoms with Gasteiger partial charge in [0.25, 0.3) is 0 Å². The molecule has 1 fully saturated rings. The maximum absolute atomic E-state index is 11.4. The monoisotopic (exact) mass is 210 g/mol. The Morgan fingerprint density at radius 3 is 3.07 bits per heavy atom. The van der Waals surface area contributed by atoms with Gasteiger partial charge in [-0.15, -0.1) is 0 Å². The first kappa shape index (κ1) is 12.0. The van der Waals surface area contributed by atoms with Crippen LogP contribution in [0.4, 0.5) is 0 Å². The fraction of sp³-hybridized carbons (Fsp3) is 0.818. The van der Waals surface area contributed by atoms with Crippen molar-refractivity contribution >= 4 is 5.91 Å². The van der Waals surface area contributed by atoms with E-state index >= 15 is 0 Å². The minimum absolute atomic E-state index is 0.0684. The summed E-state index contributed by atoms with van der Waals surface area (Å²) in [7, 11) is 0. The highest BCUT2D eigenvalue weighted by molar-refractivity contribution is 5.76. The van der Waals surface area contributed by atoms with Gasteiger partial charge in [0.15, 0.2) is 0 Å². The van der Waals surface area contributed by atoms with Crippen molar-refractivity contribution in [2.45, 2.75) is 44.6 Å². The van der Waals surface area contributed by atoms with Gasteiger partial charge in [-0.05, 0) is 25.7 Å².